The monoisotopic (exact) mass is 459 g/mol. The molecule has 0 radical (unpaired) electrons. The van der Waals surface area contributed by atoms with Gasteiger partial charge in [0, 0.05) is 32.1 Å². The van der Waals surface area contributed by atoms with Crippen molar-refractivity contribution in [2.24, 2.45) is 11.8 Å². The van der Waals surface area contributed by atoms with Crippen molar-refractivity contribution >= 4 is 17.7 Å². The molecule has 7 heteroatoms. The number of carbonyl (C=O) groups excluding carboxylic acids is 3. The molecule has 182 valence electrons. The number of piperazine rings is 1. The third kappa shape index (κ3) is 6.33. The van der Waals surface area contributed by atoms with Gasteiger partial charge in [-0.2, -0.15) is 0 Å². The summed E-state index contributed by atoms with van der Waals surface area (Å²) in [4.78, 5) is 42.5. The lowest BCUT2D eigenvalue weighted by atomic mass is 9.96. The Kier molecular flexibility index (Phi) is 8.87. The van der Waals surface area contributed by atoms with E-state index >= 15 is 0 Å². The van der Waals surface area contributed by atoms with E-state index in [0.717, 1.165) is 6.42 Å². The number of amides is 3. The van der Waals surface area contributed by atoms with Crippen molar-refractivity contribution in [3.63, 3.8) is 0 Å². The van der Waals surface area contributed by atoms with Gasteiger partial charge in [-0.25, -0.2) is 4.39 Å². The molecular weight excluding hydrogens is 421 g/mol. The van der Waals surface area contributed by atoms with Gasteiger partial charge in [0.2, 0.25) is 11.8 Å². The van der Waals surface area contributed by atoms with E-state index in [0.29, 0.717) is 38.4 Å². The number of carbonyl (C=O) groups is 3. The van der Waals surface area contributed by atoms with Gasteiger partial charge in [-0.3, -0.25) is 14.4 Å². The molecule has 0 aromatic heterocycles. The maximum Gasteiger partial charge on any atom is 0.254 e. The molecule has 1 aliphatic carbocycles. The summed E-state index contributed by atoms with van der Waals surface area (Å²) in [7, 11) is 0. The van der Waals surface area contributed by atoms with Gasteiger partial charge >= 0.3 is 0 Å². The van der Waals surface area contributed by atoms with Crippen molar-refractivity contribution in [3.05, 3.63) is 35.6 Å². The minimum atomic E-state index is -0.737. The van der Waals surface area contributed by atoms with E-state index in [4.69, 9.17) is 0 Å². The third-order valence-corrected chi connectivity index (χ3v) is 7.38. The molecule has 3 unspecified atom stereocenters. The summed E-state index contributed by atoms with van der Waals surface area (Å²) in [5, 5.41) is 2.77. The first-order valence-corrected chi connectivity index (χ1v) is 12.5. The first-order chi connectivity index (χ1) is 15.8. The predicted molar refractivity (Wildman–Crippen MR) is 126 cm³/mol. The van der Waals surface area contributed by atoms with Crippen LogP contribution in [0.15, 0.2) is 24.3 Å². The Hall–Kier alpha value is -2.44. The van der Waals surface area contributed by atoms with Crippen LogP contribution in [0.5, 0.6) is 0 Å². The Morgan fingerprint density at radius 1 is 1.15 bits per heavy atom. The lowest BCUT2D eigenvalue weighted by Crippen LogP contribution is -2.60. The smallest absolute Gasteiger partial charge is 0.254 e. The topological polar surface area (TPSA) is 69.7 Å². The molecule has 2 aliphatic rings. The van der Waals surface area contributed by atoms with Crippen molar-refractivity contribution in [2.45, 2.75) is 77.8 Å². The van der Waals surface area contributed by atoms with Crippen molar-refractivity contribution in [1.29, 1.82) is 0 Å². The van der Waals surface area contributed by atoms with Crippen LogP contribution in [-0.2, 0) is 9.59 Å². The van der Waals surface area contributed by atoms with Crippen LogP contribution in [0, 0.1) is 17.7 Å². The Balaban J connectivity index is 1.60. The van der Waals surface area contributed by atoms with Crippen LogP contribution in [0.1, 0.15) is 76.1 Å². The Morgan fingerprint density at radius 3 is 2.48 bits per heavy atom. The quantitative estimate of drug-likeness (QED) is 0.639. The minimum Gasteiger partial charge on any atom is -0.340 e. The molecule has 1 heterocycles. The first-order valence-electron chi connectivity index (χ1n) is 12.5. The third-order valence-electron chi connectivity index (χ3n) is 7.38. The maximum atomic E-state index is 14.1. The summed E-state index contributed by atoms with van der Waals surface area (Å²) in [6, 6.07) is 4.97. The molecule has 1 saturated carbocycles. The highest BCUT2D eigenvalue weighted by Gasteiger charge is 2.35. The van der Waals surface area contributed by atoms with Crippen LogP contribution in [0.2, 0.25) is 0 Å². The Bertz CT molecular complexity index is 840. The highest BCUT2D eigenvalue weighted by molar-refractivity contribution is 5.97. The van der Waals surface area contributed by atoms with Crippen LogP contribution >= 0.6 is 0 Å². The lowest BCUT2D eigenvalue weighted by molar-refractivity contribution is -0.144. The summed E-state index contributed by atoms with van der Waals surface area (Å²) in [5.41, 5.74) is -0.0651. The van der Waals surface area contributed by atoms with Crippen molar-refractivity contribution in [2.75, 3.05) is 19.6 Å². The zero-order valence-corrected chi connectivity index (χ0v) is 20.2. The predicted octanol–water partition coefficient (Wildman–Crippen LogP) is 4.00. The molecule has 1 saturated heterocycles. The number of benzene rings is 1. The van der Waals surface area contributed by atoms with Crippen LogP contribution in [-0.4, -0.2) is 59.2 Å². The fourth-order valence-electron chi connectivity index (χ4n) is 5.04. The van der Waals surface area contributed by atoms with Gasteiger partial charge < -0.3 is 15.1 Å². The van der Waals surface area contributed by atoms with Crippen LogP contribution in [0.25, 0.3) is 0 Å². The van der Waals surface area contributed by atoms with Gasteiger partial charge in [0.1, 0.15) is 11.9 Å². The molecule has 0 bridgehead atoms. The van der Waals surface area contributed by atoms with Crippen molar-refractivity contribution in [1.82, 2.24) is 15.1 Å². The summed E-state index contributed by atoms with van der Waals surface area (Å²) < 4.78 is 14.1. The second-order valence-corrected chi connectivity index (χ2v) is 9.73. The van der Waals surface area contributed by atoms with Crippen LogP contribution in [0.3, 0.4) is 0 Å². The van der Waals surface area contributed by atoms with Gasteiger partial charge in [0.15, 0.2) is 0 Å². The minimum absolute atomic E-state index is 0.0651. The van der Waals surface area contributed by atoms with Crippen LogP contribution in [0.4, 0.5) is 4.39 Å². The van der Waals surface area contributed by atoms with Gasteiger partial charge in [-0.1, -0.05) is 58.1 Å². The van der Waals surface area contributed by atoms with Crippen molar-refractivity contribution in [3.8, 4) is 0 Å². The first kappa shape index (κ1) is 25.2. The normalized spacial score (nSPS) is 21.0. The molecular formula is C26H38FN3O3. The summed E-state index contributed by atoms with van der Waals surface area (Å²) in [5.74, 6) is -0.605. The molecule has 33 heavy (non-hydrogen) atoms. The lowest BCUT2D eigenvalue weighted by Gasteiger charge is -2.41. The van der Waals surface area contributed by atoms with E-state index in [2.05, 4.69) is 5.32 Å². The average molecular weight is 460 g/mol. The molecule has 0 spiro atoms. The molecule has 3 rings (SSSR count). The standard InChI is InChI=1S/C26H38FN3O3/c1-4-18(2)24(28-25(32)21-11-7-8-12-22(21)27)26(33)29-15-16-30(19(3)17-29)23(31)14-13-20-9-5-6-10-20/h7-8,11-12,18-20,24H,4-6,9-10,13-17H2,1-3H3,(H,28,32). The number of hydrogen-bond acceptors (Lipinski definition) is 3. The molecule has 1 aromatic rings. The van der Waals surface area contributed by atoms with E-state index in [1.54, 1.807) is 11.0 Å². The fraction of sp³-hybridized carbons (Fsp3) is 0.654. The van der Waals surface area contributed by atoms with E-state index in [1.807, 2.05) is 25.7 Å². The zero-order chi connectivity index (χ0) is 24.0. The second-order valence-electron chi connectivity index (χ2n) is 9.73. The van der Waals surface area contributed by atoms with Crippen molar-refractivity contribution < 1.29 is 18.8 Å². The summed E-state index contributed by atoms with van der Waals surface area (Å²) in [6.07, 6.45) is 7.27. The molecule has 3 atom stereocenters. The number of nitrogens with one attached hydrogen (secondary N) is 1. The van der Waals surface area contributed by atoms with E-state index < -0.39 is 17.8 Å². The molecule has 1 N–H and O–H groups in total. The van der Waals surface area contributed by atoms with Gasteiger partial charge in [0.05, 0.1) is 5.56 Å². The van der Waals surface area contributed by atoms with Gasteiger partial charge in [0.25, 0.3) is 5.91 Å². The summed E-state index contributed by atoms with van der Waals surface area (Å²) >= 11 is 0. The molecule has 2 fully saturated rings. The van der Waals surface area contributed by atoms with E-state index in [1.165, 1.54) is 43.9 Å². The Labute approximate surface area is 196 Å². The number of halogens is 1. The Morgan fingerprint density at radius 2 is 1.85 bits per heavy atom. The summed E-state index contributed by atoms with van der Waals surface area (Å²) in [6.45, 7) is 7.24. The zero-order valence-electron chi connectivity index (χ0n) is 20.2. The van der Waals surface area contributed by atoms with Gasteiger partial charge in [-0.05, 0) is 37.3 Å². The number of nitrogens with zero attached hydrogens (tertiary/aromatic N) is 2. The largest absolute Gasteiger partial charge is 0.340 e. The molecule has 1 aliphatic heterocycles. The van der Waals surface area contributed by atoms with E-state index in [9.17, 15) is 18.8 Å². The SMILES string of the molecule is CCC(C)C(NC(=O)c1ccccc1F)C(=O)N1CCN(C(=O)CCC2CCCC2)C(C)C1. The highest BCUT2D eigenvalue weighted by atomic mass is 19.1. The molecule has 3 amide bonds. The maximum absolute atomic E-state index is 14.1. The molecule has 1 aromatic carbocycles. The van der Waals surface area contributed by atoms with Crippen LogP contribution < -0.4 is 5.32 Å². The second kappa shape index (κ2) is 11.6. The number of rotatable bonds is 8. The van der Waals surface area contributed by atoms with E-state index in [-0.39, 0.29) is 29.3 Å². The fourth-order valence-corrected chi connectivity index (χ4v) is 5.04. The number of hydrogen-bond donors (Lipinski definition) is 1. The van der Waals surface area contributed by atoms with Gasteiger partial charge in [-0.15, -0.1) is 0 Å². The highest BCUT2D eigenvalue weighted by Crippen LogP contribution is 2.29. The molecule has 6 nitrogen and oxygen atoms in total. The average Bonchev–Trinajstić information content (AvgIpc) is 3.34.